The van der Waals surface area contributed by atoms with E-state index in [1.807, 2.05) is 0 Å². The van der Waals surface area contributed by atoms with Gasteiger partial charge in [-0.25, -0.2) is 0 Å². The molecule has 0 unspecified atom stereocenters. The second kappa shape index (κ2) is 9.46. The molecule has 0 aromatic heterocycles. The maximum atomic E-state index is 2.38. The molecule has 0 fully saturated rings. The third kappa shape index (κ3) is 4.71. The van der Waals surface area contributed by atoms with Gasteiger partial charge < -0.3 is 0 Å². The Morgan fingerprint density at radius 3 is 1.29 bits per heavy atom. The number of aryl methyl sites for hydroxylation is 3. The van der Waals surface area contributed by atoms with Crippen LogP contribution in [0.4, 0.5) is 0 Å². The van der Waals surface area contributed by atoms with Crippen LogP contribution in [0.1, 0.15) is 22.3 Å². The molecule has 0 saturated carbocycles. The Kier molecular flexibility index (Phi) is 6.50. The molecule has 0 radical (unpaired) electrons. The summed E-state index contributed by atoms with van der Waals surface area (Å²) in [5.41, 5.74) is 5.15. The van der Waals surface area contributed by atoms with Gasteiger partial charge in [0.25, 0.3) is 0 Å². The molecule has 0 aliphatic heterocycles. The van der Waals surface area contributed by atoms with Gasteiger partial charge in [0, 0.05) is 0 Å². The third-order valence-electron chi connectivity index (χ3n) is 5.91. The molecule has 0 aliphatic carbocycles. The first-order chi connectivity index (χ1) is 15.1. The maximum absolute atomic E-state index is 2.38. The SMILES string of the molecule is Cc1ccc([P+](CC=Cc2ccccc2)(c2ccc(C)cc2)c2ccc(C)cc2)cc1. The fraction of sp³-hybridized carbons (Fsp3) is 0.133. The predicted octanol–water partition coefficient (Wildman–Crippen LogP) is 6.62. The molecule has 0 bridgehead atoms. The molecule has 0 nitrogen and oxygen atoms in total. The fourth-order valence-corrected chi connectivity index (χ4v) is 7.99. The minimum absolute atomic E-state index is 0.997. The van der Waals surface area contributed by atoms with Gasteiger partial charge in [-0.1, -0.05) is 89.5 Å². The lowest BCUT2D eigenvalue weighted by atomic mass is 10.2. The minimum Gasteiger partial charge on any atom is -0.0622 e. The highest BCUT2D eigenvalue weighted by Crippen LogP contribution is 2.55. The van der Waals surface area contributed by atoms with E-state index < -0.39 is 7.26 Å². The molecule has 4 aromatic carbocycles. The Morgan fingerprint density at radius 2 is 0.903 bits per heavy atom. The number of hydrogen-bond acceptors (Lipinski definition) is 0. The normalized spacial score (nSPS) is 11.7. The van der Waals surface area contributed by atoms with Crippen LogP contribution in [0.15, 0.2) is 109 Å². The van der Waals surface area contributed by atoms with Crippen molar-refractivity contribution in [1.82, 2.24) is 0 Å². The second-order valence-corrected chi connectivity index (χ2v) is 11.8. The zero-order valence-electron chi connectivity index (χ0n) is 18.6. The summed E-state index contributed by atoms with van der Waals surface area (Å²) in [6, 6.07) is 38.2. The number of benzene rings is 4. The monoisotopic (exact) mass is 421 g/mol. The fourth-order valence-electron chi connectivity index (χ4n) is 4.07. The lowest BCUT2D eigenvalue weighted by molar-refractivity contribution is 1.47. The molecule has 0 saturated heterocycles. The van der Waals surface area contributed by atoms with Crippen molar-refractivity contribution in [1.29, 1.82) is 0 Å². The van der Waals surface area contributed by atoms with E-state index in [1.54, 1.807) is 0 Å². The Balaban J connectivity index is 1.90. The zero-order chi connectivity index (χ0) is 21.7. The first kappa shape index (κ1) is 21.3. The van der Waals surface area contributed by atoms with Gasteiger partial charge in [-0.05, 0) is 68.8 Å². The van der Waals surface area contributed by atoms with Crippen LogP contribution in [-0.2, 0) is 0 Å². The summed E-state index contributed by atoms with van der Waals surface area (Å²) in [7, 11) is -1.84. The maximum Gasteiger partial charge on any atom is 0.115 e. The van der Waals surface area contributed by atoms with Crippen molar-refractivity contribution >= 4 is 29.3 Å². The molecule has 31 heavy (non-hydrogen) atoms. The number of allylic oxidation sites excluding steroid dienone is 1. The van der Waals surface area contributed by atoms with Gasteiger partial charge in [0.15, 0.2) is 0 Å². The summed E-state index contributed by atoms with van der Waals surface area (Å²) >= 11 is 0. The average molecular weight is 422 g/mol. The van der Waals surface area contributed by atoms with Gasteiger partial charge >= 0.3 is 0 Å². The standard InChI is InChI=1S/C30H30P/c1-24-11-17-28(18-12-24)31(29-19-13-25(2)14-20-29,30-21-15-26(3)16-22-30)23-7-10-27-8-5-4-6-9-27/h4-22H,23H2,1-3H3/q+1. The summed E-state index contributed by atoms with van der Waals surface area (Å²) in [4.78, 5) is 0. The number of rotatable bonds is 6. The van der Waals surface area contributed by atoms with Gasteiger partial charge in [0.05, 0.1) is 6.16 Å². The van der Waals surface area contributed by atoms with Crippen molar-refractivity contribution in [3.8, 4) is 0 Å². The quantitative estimate of drug-likeness (QED) is 0.307. The highest BCUT2D eigenvalue weighted by molar-refractivity contribution is 7.95. The van der Waals surface area contributed by atoms with Crippen molar-refractivity contribution in [3.05, 3.63) is 131 Å². The molecule has 154 valence electrons. The largest absolute Gasteiger partial charge is 0.115 e. The van der Waals surface area contributed by atoms with Crippen LogP contribution in [0.3, 0.4) is 0 Å². The highest BCUT2D eigenvalue weighted by atomic mass is 31.2. The van der Waals surface area contributed by atoms with E-state index in [9.17, 15) is 0 Å². The van der Waals surface area contributed by atoms with Crippen LogP contribution < -0.4 is 15.9 Å². The Labute approximate surface area is 187 Å². The third-order valence-corrected chi connectivity index (χ3v) is 10.2. The van der Waals surface area contributed by atoms with Gasteiger partial charge in [-0.3, -0.25) is 0 Å². The van der Waals surface area contributed by atoms with Crippen LogP contribution >= 0.6 is 7.26 Å². The summed E-state index contributed by atoms with van der Waals surface area (Å²) in [5, 5.41) is 4.30. The van der Waals surface area contributed by atoms with Crippen LogP contribution in [0, 0.1) is 20.8 Å². The van der Waals surface area contributed by atoms with E-state index >= 15 is 0 Å². The first-order valence-corrected chi connectivity index (χ1v) is 12.9. The van der Waals surface area contributed by atoms with E-state index in [-0.39, 0.29) is 0 Å². The van der Waals surface area contributed by atoms with Crippen molar-refractivity contribution in [2.75, 3.05) is 6.16 Å². The first-order valence-electron chi connectivity index (χ1n) is 10.9. The molecule has 1 heteroatoms. The summed E-state index contributed by atoms with van der Waals surface area (Å²) in [5.74, 6) is 0. The second-order valence-electron chi connectivity index (χ2n) is 8.31. The van der Waals surface area contributed by atoms with Crippen LogP contribution in [0.25, 0.3) is 6.08 Å². The minimum atomic E-state index is -1.84. The highest BCUT2D eigenvalue weighted by Gasteiger charge is 2.44. The number of hydrogen-bond donors (Lipinski definition) is 0. The molecular weight excluding hydrogens is 391 g/mol. The molecule has 4 rings (SSSR count). The van der Waals surface area contributed by atoms with E-state index in [0.717, 1.165) is 6.16 Å². The topological polar surface area (TPSA) is 0 Å². The summed E-state index contributed by atoms with van der Waals surface area (Å²) in [6.07, 6.45) is 5.64. The van der Waals surface area contributed by atoms with Gasteiger partial charge in [0.2, 0.25) is 0 Å². The lowest BCUT2D eigenvalue weighted by Crippen LogP contribution is -2.33. The van der Waals surface area contributed by atoms with Crippen LogP contribution in [-0.4, -0.2) is 6.16 Å². The Bertz CT molecular complexity index is 1030. The molecular formula is C30H30P+. The smallest absolute Gasteiger partial charge is 0.0622 e. The van der Waals surface area contributed by atoms with E-state index in [4.69, 9.17) is 0 Å². The molecule has 0 spiro atoms. The molecule has 0 atom stereocenters. The lowest BCUT2D eigenvalue weighted by Gasteiger charge is -2.27. The van der Waals surface area contributed by atoms with Gasteiger partial charge in [0.1, 0.15) is 23.2 Å². The summed E-state index contributed by atoms with van der Waals surface area (Å²) < 4.78 is 0. The van der Waals surface area contributed by atoms with Gasteiger partial charge in [-0.15, -0.1) is 0 Å². The Hall–Kier alpha value is -2.95. The van der Waals surface area contributed by atoms with E-state index in [1.165, 1.54) is 38.2 Å². The molecule has 0 heterocycles. The Morgan fingerprint density at radius 1 is 0.516 bits per heavy atom. The average Bonchev–Trinajstić information content (AvgIpc) is 2.80. The van der Waals surface area contributed by atoms with E-state index in [2.05, 4.69) is 136 Å². The van der Waals surface area contributed by atoms with Gasteiger partial charge in [-0.2, -0.15) is 0 Å². The van der Waals surface area contributed by atoms with Crippen LogP contribution in [0.2, 0.25) is 0 Å². The molecule has 0 N–H and O–H groups in total. The zero-order valence-corrected chi connectivity index (χ0v) is 19.5. The van der Waals surface area contributed by atoms with Crippen molar-refractivity contribution in [3.63, 3.8) is 0 Å². The predicted molar refractivity (Wildman–Crippen MR) is 140 cm³/mol. The molecule has 0 amide bonds. The van der Waals surface area contributed by atoms with Crippen molar-refractivity contribution < 1.29 is 0 Å². The van der Waals surface area contributed by atoms with Crippen molar-refractivity contribution in [2.24, 2.45) is 0 Å². The molecule has 0 aliphatic rings. The van der Waals surface area contributed by atoms with Crippen LogP contribution in [0.5, 0.6) is 0 Å². The summed E-state index contributed by atoms with van der Waals surface area (Å²) in [6.45, 7) is 6.49. The molecule has 4 aromatic rings. The van der Waals surface area contributed by atoms with E-state index in [0.29, 0.717) is 0 Å². The van der Waals surface area contributed by atoms with Crippen molar-refractivity contribution in [2.45, 2.75) is 20.8 Å².